The van der Waals surface area contributed by atoms with Gasteiger partial charge in [0.25, 0.3) is 5.91 Å². The van der Waals surface area contributed by atoms with E-state index < -0.39 is 0 Å². The number of carbonyl (C=O) groups excluding carboxylic acids is 1. The van der Waals surface area contributed by atoms with Crippen molar-refractivity contribution in [3.63, 3.8) is 0 Å². The Hall–Kier alpha value is -1.95. The maximum Gasteiger partial charge on any atom is 0.260 e. The first-order chi connectivity index (χ1) is 11.7. The fraction of sp³-hybridized carbons (Fsp3) is 0.444. The predicted octanol–water partition coefficient (Wildman–Crippen LogP) is 2.84. The van der Waals surface area contributed by atoms with Crippen molar-refractivity contribution in [1.29, 1.82) is 0 Å². The molecule has 0 saturated heterocycles. The van der Waals surface area contributed by atoms with Gasteiger partial charge in [-0.1, -0.05) is 6.07 Å². The minimum atomic E-state index is 0.0169. The highest BCUT2D eigenvalue weighted by molar-refractivity contribution is 8.18. The number of hydrogen-bond acceptors (Lipinski definition) is 5. The number of allylic oxidation sites excluding steroid dienone is 1. The number of amides is 1. The Morgan fingerprint density at radius 3 is 3.12 bits per heavy atom. The third-order valence-corrected chi connectivity index (χ3v) is 6.12. The third kappa shape index (κ3) is 2.59. The molecule has 1 aromatic rings. The van der Waals surface area contributed by atoms with Crippen LogP contribution in [-0.4, -0.2) is 36.2 Å². The molecule has 2 heterocycles. The number of benzene rings is 1. The van der Waals surface area contributed by atoms with Crippen molar-refractivity contribution in [2.75, 3.05) is 20.2 Å². The molecule has 4 rings (SSSR count). The zero-order valence-electron chi connectivity index (χ0n) is 14.0. The van der Waals surface area contributed by atoms with Crippen LogP contribution in [0.3, 0.4) is 0 Å². The average Bonchev–Trinajstić information content (AvgIpc) is 3.18. The Labute approximate surface area is 146 Å². The van der Waals surface area contributed by atoms with Crippen molar-refractivity contribution in [2.24, 2.45) is 4.99 Å². The smallest absolute Gasteiger partial charge is 0.260 e. The number of aryl methyl sites for hydroxylation is 1. The normalized spacial score (nSPS) is 22.2. The molecule has 1 atom stereocenters. The van der Waals surface area contributed by atoms with Crippen molar-refractivity contribution in [3.8, 4) is 5.75 Å². The van der Waals surface area contributed by atoms with Gasteiger partial charge in [0.2, 0.25) is 0 Å². The van der Waals surface area contributed by atoms with Gasteiger partial charge in [0.05, 0.1) is 24.6 Å². The first-order valence-corrected chi connectivity index (χ1v) is 9.17. The van der Waals surface area contributed by atoms with Crippen molar-refractivity contribution in [3.05, 3.63) is 39.9 Å². The zero-order chi connectivity index (χ0) is 16.7. The van der Waals surface area contributed by atoms with Crippen molar-refractivity contribution < 1.29 is 9.53 Å². The molecule has 0 fully saturated rings. The van der Waals surface area contributed by atoms with E-state index in [2.05, 4.69) is 27.3 Å². The summed E-state index contributed by atoms with van der Waals surface area (Å²) in [5.41, 5.74) is 3.52. The van der Waals surface area contributed by atoms with E-state index in [1.54, 1.807) is 7.11 Å². The van der Waals surface area contributed by atoms with Crippen LogP contribution in [-0.2, 0) is 11.2 Å². The van der Waals surface area contributed by atoms with E-state index >= 15 is 0 Å². The molecule has 0 aromatic heterocycles. The predicted molar refractivity (Wildman–Crippen MR) is 96.1 cm³/mol. The highest BCUT2D eigenvalue weighted by Gasteiger charge is 2.34. The lowest BCUT2D eigenvalue weighted by atomic mass is 9.87. The van der Waals surface area contributed by atoms with Gasteiger partial charge in [-0.05, 0) is 61.2 Å². The highest BCUT2D eigenvalue weighted by Crippen LogP contribution is 2.38. The Morgan fingerprint density at radius 2 is 2.33 bits per heavy atom. The summed E-state index contributed by atoms with van der Waals surface area (Å²) in [5.74, 6) is 0.896. The maximum atomic E-state index is 12.8. The number of methoxy groups -OCH3 is 1. The number of ether oxygens (including phenoxy) is 1. The fourth-order valence-corrected chi connectivity index (χ4v) is 4.70. The van der Waals surface area contributed by atoms with Crippen LogP contribution < -0.4 is 10.1 Å². The number of nitrogens with one attached hydrogen (secondary N) is 1. The van der Waals surface area contributed by atoms with Crippen molar-refractivity contribution in [2.45, 2.75) is 32.2 Å². The lowest BCUT2D eigenvalue weighted by molar-refractivity contribution is -0.117. The second-order valence-corrected chi connectivity index (χ2v) is 7.29. The quantitative estimate of drug-likeness (QED) is 0.917. The van der Waals surface area contributed by atoms with E-state index in [9.17, 15) is 4.79 Å². The van der Waals surface area contributed by atoms with Crippen LogP contribution in [0.25, 0.3) is 0 Å². The van der Waals surface area contributed by atoms with Crippen LogP contribution in [0.1, 0.15) is 36.9 Å². The molecule has 126 valence electrons. The number of thioether (sulfide) groups is 1. The first kappa shape index (κ1) is 15.6. The zero-order valence-corrected chi connectivity index (χ0v) is 14.8. The van der Waals surface area contributed by atoms with E-state index in [1.165, 1.54) is 22.9 Å². The van der Waals surface area contributed by atoms with Crippen LogP contribution in [0.4, 0.5) is 0 Å². The molecule has 0 unspecified atom stereocenters. The van der Waals surface area contributed by atoms with E-state index in [4.69, 9.17) is 4.74 Å². The summed E-state index contributed by atoms with van der Waals surface area (Å²) < 4.78 is 5.32. The third-order valence-electron chi connectivity index (χ3n) is 4.90. The number of aliphatic imine (C=N–C) groups is 1. The number of amidine groups is 1. The van der Waals surface area contributed by atoms with Gasteiger partial charge in [-0.3, -0.25) is 9.79 Å². The summed E-state index contributed by atoms with van der Waals surface area (Å²) in [6.45, 7) is 3.72. The lowest BCUT2D eigenvalue weighted by Crippen LogP contribution is -2.31. The summed E-state index contributed by atoms with van der Waals surface area (Å²) in [5, 5.41) is 4.20. The van der Waals surface area contributed by atoms with Crippen LogP contribution >= 0.6 is 11.8 Å². The fourth-order valence-electron chi connectivity index (χ4n) is 3.61. The molecule has 0 bridgehead atoms. The number of nitrogens with zero attached hydrogens (tertiary/aromatic N) is 2. The van der Waals surface area contributed by atoms with Crippen LogP contribution in [0.15, 0.2) is 33.8 Å². The molecule has 1 aliphatic carbocycles. The summed E-state index contributed by atoms with van der Waals surface area (Å²) in [6.07, 6.45) is 3.10. The second-order valence-electron chi connectivity index (χ2n) is 6.32. The van der Waals surface area contributed by atoms with Crippen LogP contribution in [0, 0.1) is 0 Å². The summed E-state index contributed by atoms with van der Waals surface area (Å²) in [4.78, 5) is 20.2. The number of hydrogen-bond donors (Lipinski definition) is 1. The Bertz CT molecular complexity index is 757. The Morgan fingerprint density at radius 1 is 1.46 bits per heavy atom. The van der Waals surface area contributed by atoms with Gasteiger partial charge in [0, 0.05) is 12.2 Å². The molecular formula is C18H21N3O2S. The van der Waals surface area contributed by atoms with E-state index in [1.807, 2.05) is 13.0 Å². The van der Waals surface area contributed by atoms with Gasteiger partial charge in [0.1, 0.15) is 5.75 Å². The van der Waals surface area contributed by atoms with E-state index in [0.717, 1.165) is 53.9 Å². The van der Waals surface area contributed by atoms with E-state index in [0.29, 0.717) is 0 Å². The second kappa shape index (κ2) is 6.16. The standard InChI is InChI=1S/C18H21N3O2S/c1-11-16(24-18-19-8-9-21(11)18)17(22)20-15-5-3-4-12-10-13(23-2)6-7-14(12)15/h6-7,10,15H,3-5,8-9H2,1-2H3,(H,20,22)/t15-/m1/s1. The van der Waals surface area contributed by atoms with Gasteiger partial charge in [-0.25, -0.2) is 0 Å². The molecule has 2 aliphatic heterocycles. The summed E-state index contributed by atoms with van der Waals surface area (Å²) >= 11 is 1.50. The molecule has 5 nitrogen and oxygen atoms in total. The van der Waals surface area contributed by atoms with Crippen LogP contribution in [0.5, 0.6) is 5.75 Å². The Kier molecular flexibility index (Phi) is 4.00. The number of rotatable bonds is 3. The van der Waals surface area contributed by atoms with Gasteiger partial charge in [0.15, 0.2) is 5.17 Å². The lowest BCUT2D eigenvalue weighted by Gasteiger charge is -2.27. The number of fused-ring (bicyclic) bond motifs is 2. The molecule has 0 radical (unpaired) electrons. The van der Waals surface area contributed by atoms with Gasteiger partial charge in [-0.2, -0.15) is 0 Å². The molecule has 24 heavy (non-hydrogen) atoms. The molecule has 3 aliphatic rings. The van der Waals surface area contributed by atoms with Crippen molar-refractivity contribution >= 4 is 22.8 Å². The molecule has 0 spiro atoms. The molecule has 1 aromatic carbocycles. The maximum absolute atomic E-state index is 12.8. The first-order valence-electron chi connectivity index (χ1n) is 8.36. The molecule has 1 amide bonds. The van der Waals surface area contributed by atoms with Gasteiger partial charge in [-0.15, -0.1) is 0 Å². The molecule has 6 heteroatoms. The monoisotopic (exact) mass is 343 g/mol. The Balaban J connectivity index is 1.54. The number of carbonyl (C=O) groups is 1. The molecule has 0 saturated carbocycles. The molecule has 1 N–H and O–H groups in total. The minimum Gasteiger partial charge on any atom is -0.497 e. The topological polar surface area (TPSA) is 53.9 Å². The molecular weight excluding hydrogens is 322 g/mol. The van der Waals surface area contributed by atoms with Crippen LogP contribution in [0.2, 0.25) is 0 Å². The van der Waals surface area contributed by atoms with Gasteiger partial charge >= 0.3 is 0 Å². The van der Waals surface area contributed by atoms with Crippen molar-refractivity contribution in [1.82, 2.24) is 10.2 Å². The SMILES string of the molecule is COc1ccc2c(c1)CCC[C@H]2NC(=O)C1=C(C)N2CCN=C2S1. The average molecular weight is 343 g/mol. The summed E-state index contributed by atoms with van der Waals surface area (Å²) in [6, 6.07) is 6.23. The largest absolute Gasteiger partial charge is 0.497 e. The highest BCUT2D eigenvalue weighted by atomic mass is 32.2. The van der Waals surface area contributed by atoms with Gasteiger partial charge < -0.3 is 15.0 Å². The van der Waals surface area contributed by atoms with E-state index in [-0.39, 0.29) is 11.9 Å². The summed E-state index contributed by atoms with van der Waals surface area (Å²) in [7, 11) is 1.69. The minimum absolute atomic E-state index is 0.0169.